The van der Waals surface area contributed by atoms with Gasteiger partial charge in [0.05, 0.1) is 22.9 Å². The second kappa shape index (κ2) is 5.31. The molecule has 6 nitrogen and oxygen atoms in total. The van der Waals surface area contributed by atoms with Crippen LogP contribution in [0.1, 0.15) is 17.8 Å². The summed E-state index contributed by atoms with van der Waals surface area (Å²) in [7, 11) is 0. The van der Waals surface area contributed by atoms with Gasteiger partial charge in [-0.2, -0.15) is 5.10 Å². The number of carbonyl (C=O) groups is 2. The number of nitrogens with zero attached hydrogens (tertiary/aromatic N) is 3. The zero-order chi connectivity index (χ0) is 13.9. The fourth-order valence-corrected chi connectivity index (χ4v) is 3.89. The standard InChI is InChI=1S/C13H11N3O3S.Na/c17-11-9(12-16(11)10(6-20-12)13(18)19)5-7-4-8-2-1-3-15(8)14-7;/h4-6,12H,1-3H2,(H,18,19);/q;+1/p-1/b9-5-;/t12-;/m1./s1. The molecule has 21 heavy (non-hydrogen) atoms. The summed E-state index contributed by atoms with van der Waals surface area (Å²) in [6.45, 7) is 0.924. The normalized spacial score (nSPS) is 24.3. The fourth-order valence-electron chi connectivity index (χ4n) is 2.77. The van der Waals surface area contributed by atoms with Gasteiger partial charge in [0.15, 0.2) is 0 Å². The first-order chi connectivity index (χ1) is 9.65. The van der Waals surface area contributed by atoms with Gasteiger partial charge in [0.25, 0.3) is 5.91 Å². The molecule has 0 N–H and O–H groups in total. The third-order valence-electron chi connectivity index (χ3n) is 3.73. The predicted octanol–water partition coefficient (Wildman–Crippen LogP) is -3.28. The molecular formula is C13H10N3NaO3S. The molecule has 1 saturated heterocycles. The van der Waals surface area contributed by atoms with Gasteiger partial charge in [-0.05, 0) is 30.4 Å². The fraction of sp³-hybridized carbons (Fsp3) is 0.308. The summed E-state index contributed by atoms with van der Waals surface area (Å²) in [6, 6.07) is 1.99. The first kappa shape index (κ1) is 14.9. The Morgan fingerprint density at radius 2 is 2.33 bits per heavy atom. The molecule has 1 fully saturated rings. The number of aliphatic carboxylic acids is 1. The Bertz CT molecular complexity index is 688. The van der Waals surface area contributed by atoms with Crippen LogP contribution < -0.4 is 34.7 Å². The van der Waals surface area contributed by atoms with Crippen molar-refractivity contribution in [2.75, 3.05) is 0 Å². The minimum Gasteiger partial charge on any atom is -0.543 e. The van der Waals surface area contributed by atoms with Crippen molar-refractivity contribution in [3.63, 3.8) is 0 Å². The first-order valence-corrected chi connectivity index (χ1v) is 7.28. The molecule has 1 aromatic rings. The maximum Gasteiger partial charge on any atom is 1.00 e. The molecular weight excluding hydrogens is 301 g/mol. The van der Waals surface area contributed by atoms with E-state index in [0.29, 0.717) is 5.57 Å². The van der Waals surface area contributed by atoms with Gasteiger partial charge in [0.2, 0.25) is 0 Å². The molecule has 0 aromatic carbocycles. The van der Waals surface area contributed by atoms with Crippen molar-refractivity contribution in [1.29, 1.82) is 0 Å². The average Bonchev–Trinajstić information content (AvgIpc) is 3.07. The van der Waals surface area contributed by atoms with Gasteiger partial charge in [-0.15, -0.1) is 11.8 Å². The van der Waals surface area contributed by atoms with Crippen LogP contribution in [0.3, 0.4) is 0 Å². The number of β-lactam (4-membered cyclic amide) rings is 1. The topological polar surface area (TPSA) is 78.3 Å². The quantitative estimate of drug-likeness (QED) is 0.325. The minimum atomic E-state index is -1.31. The second-order valence-corrected chi connectivity index (χ2v) is 5.90. The molecule has 1 aromatic heterocycles. The smallest absolute Gasteiger partial charge is 0.543 e. The molecule has 3 aliphatic rings. The van der Waals surface area contributed by atoms with Crippen LogP contribution in [-0.2, 0) is 22.6 Å². The summed E-state index contributed by atoms with van der Waals surface area (Å²) in [6.07, 6.45) is 3.89. The van der Waals surface area contributed by atoms with Crippen molar-refractivity contribution < 1.29 is 44.3 Å². The number of rotatable bonds is 2. The van der Waals surface area contributed by atoms with Gasteiger partial charge < -0.3 is 9.90 Å². The maximum absolute atomic E-state index is 12.0. The van der Waals surface area contributed by atoms with Crippen molar-refractivity contribution in [1.82, 2.24) is 14.7 Å². The average molecular weight is 311 g/mol. The van der Waals surface area contributed by atoms with Crippen molar-refractivity contribution in [3.05, 3.63) is 34.1 Å². The Hall–Kier alpha value is -1.02. The molecule has 4 rings (SSSR count). The second-order valence-electron chi connectivity index (χ2n) is 4.94. The van der Waals surface area contributed by atoms with Crippen LogP contribution in [0.25, 0.3) is 6.08 Å². The summed E-state index contributed by atoms with van der Waals surface area (Å²) >= 11 is 1.31. The van der Waals surface area contributed by atoms with E-state index >= 15 is 0 Å². The van der Waals surface area contributed by atoms with Gasteiger partial charge in [-0.1, -0.05) is 0 Å². The van der Waals surface area contributed by atoms with Gasteiger partial charge in [0.1, 0.15) is 5.37 Å². The largest absolute Gasteiger partial charge is 1.00 e. The molecule has 0 saturated carbocycles. The molecule has 4 heterocycles. The molecule has 8 heteroatoms. The molecule has 0 aliphatic carbocycles. The van der Waals surface area contributed by atoms with Gasteiger partial charge >= 0.3 is 29.6 Å². The Labute approximate surface area is 147 Å². The molecule has 1 amide bonds. The monoisotopic (exact) mass is 311 g/mol. The van der Waals surface area contributed by atoms with E-state index in [1.54, 1.807) is 6.08 Å². The predicted molar refractivity (Wildman–Crippen MR) is 69.8 cm³/mol. The summed E-state index contributed by atoms with van der Waals surface area (Å²) in [5.41, 5.74) is 2.51. The van der Waals surface area contributed by atoms with E-state index in [9.17, 15) is 14.7 Å². The Kier molecular flexibility index (Phi) is 3.77. The van der Waals surface area contributed by atoms with Crippen LogP contribution in [-0.4, -0.2) is 31.9 Å². The van der Waals surface area contributed by atoms with E-state index in [1.807, 2.05) is 10.7 Å². The zero-order valence-electron chi connectivity index (χ0n) is 11.4. The molecule has 0 spiro atoms. The third kappa shape index (κ3) is 2.19. The van der Waals surface area contributed by atoms with E-state index < -0.39 is 5.97 Å². The van der Waals surface area contributed by atoms with Crippen LogP contribution in [0, 0.1) is 0 Å². The number of fused-ring (bicyclic) bond motifs is 2. The number of amides is 1. The van der Waals surface area contributed by atoms with E-state index in [1.165, 1.54) is 27.8 Å². The Morgan fingerprint density at radius 3 is 3.05 bits per heavy atom. The molecule has 3 aliphatic heterocycles. The third-order valence-corrected chi connectivity index (χ3v) is 4.81. The van der Waals surface area contributed by atoms with E-state index in [4.69, 9.17) is 0 Å². The van der Waals surface area contributed by atoms with Crippen molar-refractivity contribution in [3.8, 4) is 0 Å². The van der Waals surface area contributed by atoms with Crippen LogP contribution in [0.15, 0.2) is 22.7 Å². The number of aryl methyl sites for hydroxylation is 2. The Morgan fingerprint density at radius 1 is 1.52 bits per heavy atom. The van der Waals surface area contributed by atoms with Crippen LogP contribution >= 0.6 is 11.8 Å². The number of thioether (sulfide) groups is 1. The van der Waals surface area contributed by atoms with Crippen LogP contribution in [0.5, 0.6) is 0 Å². The van der Waals surface area contributed by atoms with Gasteiger partial charge in [-0.3, -0.25) is 14.4 Å². The Balaban J connectivity index is 0.00000132. The van der Waals surface area contributed by atoms with E-state index in [2.05, 4.69) is 5.10 Å². The van der Waals surface area contributed by atoms with Gasteiger partial charge in [0, 0.05) is 12.2 Å². The zero-order valence-corrected chi connectivity index (χ0v) is 14.2. The van der Waals surface area contributed by atoms with Crippen LogP contribution in [0.4, 0.5) is 0 Å². The van der Waals surface area contributed by atoms with E-state index in [0.717, 1.165) is 25.1 Å². The van der Waals surface area contributed by atoms with Crippen molar-refractivity contribution in [2.24, 2.45) is 0 Å². The number of carboxylic acids is 1. The van der Waals surface area contributed by atoms with Gasteiger partial charge in [-0.25, -0.2) is 0 Å². The number of carboxylic acid groups (broad SMARTS) is 1. The molecule has 102 valence electrons. The molecule has 0 bridgehead atoms. The molecule has 0 radical (unpaired) electrons. The minimum absolute atomic E-state index is 0. The number of hydrogen-bond donors (Lipinski definition) is 0. The molecule has 0 unspecified atom stereocenters. The van der Waals surface area contributed by atoms with Crippen LogP contribution in [0.2, 0.25) is 0 Å². The summed E-state index contributed by atoms with van der Waals surface area (Å²) in [5.74, 6) is -1.59. The molecule has 1 atom stereocenters. The van der Waals surface area contributed by atoms with Crippen molar-refractivity contribution in [2.45, 2.75) is 24.8 Å². The SMILES string of the molecule is O=C([O-])C1=CS[C@@H]2/C(=C\c3cc4n(n3)CCC4)C(=O)N12.[Na+]. The maximum atomic E-state index is 12.0. The van der Waals surface area contributed by atoms with E-state index in [-0.39, 0.29) is 46.5 Å². The summed E-state index contributed by atoms with van der Waals surface area (Å²) in [4.78, 5) is 24.1. The summed E-state index contributed by atoms with van der Waals surface area (Å²) < 4.78 is 1.96. The summed E-state index contributed by atoms with van der Waals surface area (Å²) in [5, 5.41) is 16.5. The number of aromatic nitrogens is 2. The van der Waals surface area contributed by atoms with Crippen molar-refractivity contribution >= 4 is 29.7 Å². The first-order valence-electron chi connectivity index (χ1n) is 6.34. The number of hydrogen-bond acceptors (Lipinski definition) is 5. The number of carbonyl (C=O) groups excluding carboxylic acids is 2.